The van der Waals surface area contributed by atoms with E-state index in [1.54, 1.807) is 0 Å². The third kappa shape index (κ3) is 2.14. The van der Waals surface area contributed by atoms with Crippen LogP contribution in [-0.4, -0.2) is 32.5 Å². The zero-order valence-corrected chi connectivity index (χ0v) is 11.8. The van der Waals surface area contributed by atoms with Crippen molar-refractivity contribution in [2.45, 2.75) is 45.7 Å². The van der Waals surface area contributed by atoms with Crippen molar-refractivity contribution >= 4 is 11.2 Å². The molecule has 0 aliphatic carbocycles. The lowest BCUT2D eigenvalue weighted by molar-refractivity contribution is 0.203. The summed E-state index contributed by atoms with van der Waals surface area (Å²) in [6, 6.07) is 4.05. The second kappa shape index (κ2) is 5.29. The molecule has 3 heterocycles. The molecule has 0 N–H and O–H groups in total. The van der Waals surface area contributed by atoms with Gasteiger partial charge >= 0.3 is 0 Å². The molecule has 1 saturated heterocycles. The van der Waals surface area contributed by atoms with Gasteiger partial charge in [-0.05, 0) is 37.9 Å². The highest BCUT2D eigenvalue weighted by Crippen LogP contribution is 2.31. The van der Waals surface area contributed by atoms with Gasteiger partial charge in [-0.15, -0.1) is 0 Å². The van der Waals surface area contributed by atoms with E-state index in [0.29, 0.717) is 6.17 Å². The van der Waals surface area contributed by atoms with Gasteiger partial charge in [-0.1, -0.05) is 13.8 Å². The van der Waals surface area contributed by atoms with E-state index in [0.717, 1.165) is 30.6 Å². The smallest absolute Gasteiger partial charge is 0.161 e. The molecule has 4 heteroatoms. The summed E-state index contributed by atoms with van der Waals surface area (Å²) in [6.07, 6.45) is 6.98. The molecule has 0 radical (unpaired) electrons. The highest BCUT2D eigenvalue weighted by atomic mass is 15.3. The van der Waals surface area contributed by atoms with Gasteiger partial charge in [0.05, 0.1) is 6.17 Å². The van der Waals surface area contributed by atoms with E-state index in [1.165, 1.54) is 25.2 Å². The summed E-state index contributed by atoms with van der Waals surface area (Å²) in [4.78, 5) is 11.9. The van der Waals surface area contributed by atoms with Gasteiger partial charge in [0.15, 0.2) is 5.65 Å². The summed E-state index contributed by atoms with van der Waals surface area (Å²) in [5.74, 6) is 1.20. The highest BCUT2D eigenvalue weighted by Gasteiger charge is 2.28. The van der Waals surface area contributed by atoms with Gasteiger partial charge < -0.3 is 0 Å². The number of hydrogen-bond donors (Lipinski definition) is 0. The molecule has 1 unspecified atom stereocenters. The zero-order chi connectivity index (χ0) is 13.2. The monoisotopic (exact) mass is 258 g/mol. The predicted molar refractivity (Wildman–Crippen MR) is 77.0 cm³/mol. The van der Waals surface area contributed by atoms with Crippen LogP contribution in [0.3, 0.4) is 0 Å². The standard InChI is InChI=1S/C15H22N4/c1-3-7-13-17-12-8-5-10-16-15(12)19(13)14-9-6-11-18(14)4-2/h5,8,10,14H,3-4,6-7,9,11H2,1-2H3. The molecule has 102 valence electrons. The summed E-state index contributed by atoms with van der Waals surface area (Å²) in [5.41, 5.74) is 2.09. The molecule has 0 aromatic carbocycles. The Morgan fingerprint density at radius 1 is 1.37 bits per heavy atom. The largest absolute Gasteiger partial charge is 0.296 e. The van der Waals surface area contributed by atoms with Crippen molar-refractivity contribution in [3.05, 3.63) is 24.2 Å². The van der Waals surface area contributed by atoms with Crippen LogP contribution < -0.4 is 0 Å². The fourth-order valence-corrected chi connectivity index (χ4v) is 3.16. The fraction of sp³-hybridized carbons (Fsp3) is 0.600. The Bertz CT molecular complexity index is 560. The normalized spacial score (nSPS) is 20.4. The minimum absolute atomic E-state index is 0.450. The fourth-order valence-electron chi connectivity index (χ4n) is 3.16. The number of aromatic nitrogens is 3. The maximum Gasteiger partial charge on any atom is 0.161 e. The van der Waals surface area contributed by atoms with Crippen LogP contribution in [0.2, 0.25) is 0 Å². The van der Waals surface area contributed by atoms with Crippen molar-refractivity contribution in [2.75, 3.05) is 13.1 Å². The van der Waals surface area contributed by atoms with Crippen LogP contribution in [-0.2, 0) is 6.42 Å². The number of nitrogens with zero attached hydrogens (tertiary/aromatic N) is 4. The highest BCUT2D eigenvalue weighted by molar-refractivity contribution is 5.71. The van der Waals surface area contributed by atoms with Gasteiger partial charge in [0.1, 0.15) is 11.3 Å². The van der Waals surface area contributed by atoms with Gasteiger partial charge in [0.25, 0.3) is 0 Å². The van der Waals surface area contributed by atoms with Crippen LogP contribution in [0.5, 0.6) is 0 Å². The van der Waals surface area contributed by atoms with Crippen LogP contribution in [0.1, 0.15) is 45.1 Å². The lowest BCUT2D eigenvalue weighted by Crippen LogP contribution is -2.28. The lowest BCUT2D eigenvalue weighted by atomic mass is 10.3. The first-order valence-electron chi connectivity index (χ1n) is 7.41. The summed E-state index contributed by atoms with van der Waals surface area (Å²) >= 11 is 0. The molecule has 2 aromatic heterocycles. The molecule has 0 saturated carbocycles. The SMILES string of the molecule is CCCc1nc2cccnc2n1C1CCCN1CC. The number of rotatable bonds is 4. The van der Waals surface area contributed by atoms with Crippen molar-refractivity contribution in [3.8, 4) is 0 Å². The molecular formula is C15H22N4. The van der Waals surface area contributed by atoms with E-state index in [1.807, 2.05) is 12.3 Å². The minimum Gasteiger partial charge on any atom is -0.296 e. The number of hydrogen-bond acceptors (Lipinski definition) is 3. The molecule has 0 spiro atoms. The number of fused-ring (bicyclic) bond motifs is 1. The van der Waals surface area contributed by atoms with E-state index in [4.69, 9.17) is 4.98 Å². The molecule has 19 heavy (non-hydrogen) atoms. The number of aryl methyl sites for hydroxylation is 1. The maximum absolute atomic E-state index is 4.79. The van der Waals surface area contributed by atoms with Gasteiger partial charge in [0, 0.05) is 19.2 Å². The van der Waals surface area contributed by atoms with Crippen molar-refractivity contribution < 1.29 is 0 Å². The van der Waals surface area contributed by atoms with Crippen LogP contribution in [0.25, 0.3) is 11.2 Å². The second-order valence-electron chi connectivity index (χ2n) is 5.25. The van der Waals surface area contributed by atoms with Crippen LogP contribution >= 0.6 is 0 Å². The Balaban J connectivity index is 2.11. The topological polar surface area (TPSA) is 34.0 Å². The number of likely N-dealkylation sites (tertiary alicyclic amines) is 1. The molecule has 1 aliphatic rings. The molecular weight excluding hydrogens is 236 g/mol. The van der Waals surface area contributed by atoms with E-state index < -0.39 is 0 Å². The minimum atomic E-state index is 0.450. The van der Waals surface area contributed by atoms with Crippen LogP contribution in [0, 0.1) is 0 Å². The van der Waals surface area contributed by atoms with E-state index in [9.17, 15) is 0 Å². The summed E-state index contributed by atoms with van der Waals surface area (Å²) in [7, 11) is 0. The van der Waals surface area contributed by atoms with Crippen LogP contribution in [0.4, 0.5) is 0 Å². The summed E-state index contributed by atoms with van der Waals surface area (Å²) < 4.78 is 2.38. The molecule has 0 amide bonds. The van der Waals surface area contributed by atoms with Crippen molar-refractivity contribution in [1.82, 2.24) is 19.4 Å². The van der Waals surface area contributed by atoms with Crippen molar-refractivity contribution in [2.24, 2.45) is 0 Å². The first kappa shape index (κ1) is 12.6. The molecule has 1 atom stereocenters. The Morgan fingerprint density at radius 3 is 3.05 bits per heavy atom. The predicted octanol–water partition coefficient (Wildman–Crippen LogP) is 3.00. The lowest BCUT2D eigenvalue weighted by Gasteiger charge is -2.25. The molecule has 3 rings (SSSR count). The average molecular weight is 258 g/mol. The van der Waals surface area contributed by atoms with Crippen molar-refractivity contribution in [1.29, 1.82) is 0 Å². The molecule has 2 aromatic rings. The Kier molecular flexibility index (Phi) is 3.51. The Morgan fingerprint density at radius 2 is 2.26 bits per heavy atom. The Hall–Kier alpha value is -1.42. The van der Waals surface area contributed by atoms with Gasteiger partial charge in [-0.25, -0.2) is 9.97 Å². The van der Waals surface area contributed by atoms with Crippen molar-refractivity contribution in [3.63, 3.8) is 0 Å². The third-order valence-electron chi connectivity index (χ3n) is 4.03. The van der Waals surface area contributed by atoms with E-state index in [-0.39, 0.29) is 0 Å². The molecule has 0 bridgehead atoms. The van der Waals surface area contributed by atoms with Gasteiger partial charge in [0.2, 0.25) is 0 Å². The quantitative estimate of drug-likeness (QED) is 0.845. The van der Waals surface area contributed by atoms with Gasteiger partial charge in [-0.2, -0.15) is 0 Å². The first-order valence-corrected chi connectivity index (χ1v) is 7.41. The second-order valence-corrected chi connectivity index (χ2v) is 5.25. The molecule has 1 aliphatic heterocycles. The Labute approximate surface area is 114 Å². The summed E-state index contributed by atoms with van der Waals surface area (Å²) in [5, 5.41) is 0. The molecule has 1 fully saturated rings. The van der Waals surface area contributed by atoms with E-state index in [2.05, 4.69) is 34.4 Å². The van der Waals surface area contributed by atoms with E-state index >= 15 is 0 Å². The third-order valence-corrected chi connectivity index (χ3v) is 4.03. The average Bonchev–Trinajstić information content (AvgIpc) is 3.01. The number of pyridine rings is 1. The maximum atomic E-state index is 4.79. The first-order chi connectivity index (χ1) is 9.35. The number of imidazole rings is 1. The summed E-state index contributed by atoms with van der Waals surface area (Å²) in [6.45, 7) is 6.75. The van der Waals surface area contributed by atoms with Gasteiger partial charge in [-0.3, -0.25) is 9.47 Å². The van der Waals surface area contributed by atoms with Crippen LogP contribution in [0.15, 0.2) is 18.3 Å². The molecule has 4 nitrogen and oxygen atoms in total. The zero-order valence-electron chi connectivity index (χ0n) is 11.8.